The molecule has 5 heteroatoms. The Morgan fingerprint density at radius 2 is 1.90 bits per heavy atom. The van der Waals surface area contributed by atoms with E-state index in [9.17, 15) is 4.79 Å². The number of methoxy groups -OCH3 is 2. The molecule has 0 spiro atoms. The fourth-order valence-electron chi connectivity index (χ4n) is 2.17. The fourth-order valence-corrected chi connectivity index (χ4v) is 2.17. The maximum atomic E-state index is 11.0. The van der Waals surface area contributed by atoms with Gasteiger partial charge in [-0.2, -0.15) is 0 Å². The average Bonchev–Trinajstić information content (AvgIpc) is 2.46. The van der Waals surface area contributed by atoms with Crippen LogP contribution in [0.1, 0.15) is 27.9 Å². The largest absolute Gasteiger partial charge is 0.478 e. The zero-order valence-electron chi connectivity index (χ0n) is 13.1. The molecule has 0 aromatic heterocycles. The Kier molecular flexibility index (Phi) is 7.97. The summed E-state index contributed by atoms with van der Waals surface area (Å²) in [5.74, 6) is -0.888. The summed E-state index contributed by atoms with van der Waals surface area (Å²) in [4.78, 5) is 13.3. The van der Waals surface area contributed by atoms with Crippen molar-refractivity contribution < 1.29 is 19.4 Å². The van der Waals surface area contributed by atoms with Gasteiger partial charge in [0.05, 0.1) is 12.2 Å². The van der Waals surface area contributed by atoms with Crippen LogP contribution in [0, 0.1) is 6.92 Å². The molecule has 0 atom stereocenters. The number of hydrogen-bond donors (Lipinski definition) is 1. The average molecular weight is 295 g/mol. The summed E-state index contributed by atoms with van der Waals surface area (Å²) in [5, 5.41) is 9.00. The molecule has 0 saturated heterocycles. The van der Waals surface area contributed by atoms with Gasteiger partial charge < -0.3 is 14.6 Å². The Labute approximate surface area is 126 Å². The Bertz CT molecular complexity index is 448. The lowest BCUT2D eigenvalue weighted by Gasteiger charge is -2.23. The van der Waals surface area contributed by atoms with Gasteiger partial charge in [0.15, 0.2) is 0 Å². The molecule has 0 aliphatic heterocycles. The molecular weight excluding hydrogens is 270 g/mol. The zero-order valence-corrected chi connectivity index (χ0v) is 13.1. The van der Waals surface area contributed by atoms with Crippen LogP contribution < -0.4 is 0 Å². The van der Waals surface area contributed by atoms with E-state index in [0.29, 0.717) is 12.2 Å². The van der Waals surface area contributed by atoms with Crippen LogP contribution in [0.5, 0.6) is 0 Å². The molecule has 1 aromatic rings. The SMILES string of the molecule is COCCCN(CCOC)Cc1ccc(C(=O)O)cc1C. The van der Waals surface area contributed by atoms with Gasteiger partial charge in [-0.05, 0) is 36.6 Å². The van der Waals surface area contributed by atoms with Gasteiger partial charge in [-0.15, -0.1) is 0 Å². The van der Waals surface area contributed by atoms with Crippen molar-refractivity contribution in [3.8, 4) is 0 Å². The van der Waals surface area contributed by atoms with Crippen molar-refractivity contribution in [3.63, 3.8) is 0 Å². The number of carboxylic acid groups (broad SMARTS) is 1. The van der Waals surface area contributed by atoms with E-state index in [1.807, 2.05) is 13.0 Å². The van der Waals surface area contributed by atoms with Crippen LogP contribution in [0.15, 0.2) is 18.2 Å². The quantitative estimate of drug-likeness (QED) is 0.670. The van der Waals surface area contributed by atoms with Crippen molar-refractivity contribution in [2.45, 2.75) is 19.9 Å². The van der Waals surface area contributed by atoms with E-state index >= 15 is 0 Å². The third-order valence-corrected chi connectivity index (χ3v) is 3.42. The Morgan fingerprint density at radius 1 is 1.19 bits per heavy atom. The minimum absolute atomic E-state index is 0.332. The van der Waals surface area contributed by atoms with Gasteiger partial charge >= 0.3 is 5.97 Å². The highest BCUT2D eigenvalue weighted by molar-refractivity contribution is 5.87. The first-order valence-corrected chi connectivity index (χ1v) is 7.11. The summed E-state index contributed by atoms with van der Waals surface area (Å²) in [5.41, 5.74) is 2.48. The van der Waals surface area contributed by atoms with Crippen molar-refractivity contribution in [2.75, 3.05) is 40.5 Å². The van der Waals surface area contributed by atoms with Crippen molar-refractivity contribution >= 4 is 5.97 Å². The van der Waals surface area contributed by atoms with Crippen LogP contribution in [0.3, 0.4) is 0 Å². The van der Waals surface area contributed by atoms with E-state index in [4.69, 9.17) is 14.6 Å². The lowest BCUT2D eigenvalue weighted by Crippen LogP contribution is -2.29. The number of benzene rings is 1. The minimum atomic E-state index is -0.888. The van der Waals surface area contributed by atoms with Crippen LogP contribution in [0.2, 0.25) is 0 Å². The summed E-state index contributed by atoms with van der Waals surface area (Å²) < 4.78 is 10.2. The van der Waals surface area contributed by atoms with Crippen molar-refractivity contribution in [1.29, 1.82) is 0 Å². The lowest BCUT2D eigenvalue weighted by molar-refractivity contribution is 0.0696. The molecule has 0 amide bonds. The molecule has 21 heavy (non-hydrogen) atoms. The lowest BCUT2D eigenvalue weighted by atomic mass is 10.0. The summed E-state index contributed by atoms with van der Waals surface area (Å²) in [6, 6.07) is 5.28. The molecule has 118 valence electrons. The van der Waals surface area contributed by atoms with Crippen LogP contribution >= 0.6 is 0 Å². The van der Waals surface area contributed by atoms with Crippen LogP contribution in [-0.2, 0) is 16.0 Å². The molecule has 0 aliphatic rings. The normalized spacial score (nSPS) is 11.0. The molecule has 0 fully saturated rings. The standard InChI is InChI=1S/C16H25NO4/c1-13-11-14(16(18)19)5-6-15(13)12-17(8-10-21-3)7-4-9-20-2/h5-6,11H,4,7-10,12H2,1-3H3,(H,18,19). The summed E-state index contributed by atoms with van der Waals surface area (Å²) in [7, 11) is 3.40. The second-order valence-electron chi connectivity index (χ2n) is 5.06. The topological polar surface area (TPSA) is 59.0 Å². The fraction of sp³-hybridized carbons (Fsp3) is 0.562. The zero-order chi connectivity index (χ0) is 15.7. The molecule has 0 unspecified atom stereocenters. The van der Waals surface area contributed by atoms with Gasteiger partial charge in [0, 0.05) is 40.5 Å². The number of rotatable bonds is 10. The maximum absolute atomic E-state index is 11.0. The Morgan fingerprint density at radius 3 is 2.48 bits per heavy atom. The Hall–Kier alpha value is -1.43. The summed E-state index contributed by atoms with van der Waals surface area (Å²) in [6.07, 6.45) is 0.965. The molecule has 0 heterocycles. The van der Waals surface area contributed by atoms with Crippen LogP contribution in [0.25, 0.3) is 0 Å². The molecule has 1 aromatic carbocycles. The van der Waals surface area contributed by atoms with Gasteiger partial charge in [0.25, 0.3) is 0 Å². The number of aromatic carboxylic acids is 1. The first-order chi connectivity index (χ1) is 10.1. The number of carboxylic acids is 1. The monoisotopic (exact) mass is 295 g/mol. The van der Waals surface area contributed by atoms with Gasteiger partial charge in [0.1, 0.15) is 0 Å². The second-order valence-corrected chi connectivity index (χ2v) is 5.06. The van der Waals surface area contributed by atoms with Gasteiger partial charge in [-0.25, -0.2) is 4.79 Å². The van der Waals surface area contributed by atoms with Crippen LogP contribution in [0.4, 0.5) is 0 Å². The summed E-state index contributed by atoms with van der Waals surface area (Å²) >= 11 is 0. The van der Waals surface area contributed by atoms with Crippen molar-refractivity contribution in [3.05, 3.63) is 34.9 Å². The molecule has 0 saturated carbocycles. The molecule has 0 bridgehead atoms. The van der Waals surface area contributed by atoms with Crippen molar-refractivity contribution in [2.24, 2.45) is 0 Å². The molecule has 5 nitrogen and oxygen atoms in total. The first-order valence-electron chi connectivity index (χ1n) is 7.11. The second kappa shape index (κ2) is 9.50. The Balaban J connectivity index is 2.69. The third-order valence-electron chi connectivity index (χ3n) is 3.42. The van der Waals surface area contributed by atoms with E-state index in [-0.39, 0.29) is 0 Å². The number of aryl methyl sites for hydroxylation is 1. The number of ether oxygens (including phenoxy) is 2. The molecule has 1 rings (SSSR count). The predicted molar refractivity (Wildman–Crippen MR) is 81.8 cm³/mol. The van der Waals surface area contributed by atoms with E-state index in [2.05, 4.69) is 4.90 Å². The maximum Gasteiger partial charge on any atom is 0.335 e. The smallest absolute Gasteiger partial charge is 0.335 e. The molecule has 0 radical (unpaired) electrons. The van der Waals surface area contributed by atoms with Gasteiger partial charge in [-0.1, -0.05) is 6.07 Å². The van der Waals surface area contributed by atoms with Crippen LogP contribution in [-0.4, -0.2) is 56.5 Å². The number of hydrogen-bond acceptors (Lipinski definition) is 4. The third kappa shape index (κ3) is 6.25. The number of carbonyl (C=O) groups is 1. The molecule has 1 N–H and O–H groups in total. The van der Waals surface area contributed by atoms with Gasteiger partial charge in [-0.3, -0.25) is 4.90 Å². The summed E-state index contributed by atoms with van der Waals surface area (Å²) in [6.45, 7) is 5.93. The van der Waals surface area contributed by atoms with E-state index in [0.717, 1.165) is 43.8 Å². The predicted octanol–water partition coefficient (Wildman–Crippen LogP) is 2.18. The van der Waals surface area contributed by atoms with E-state index in [1.54, 1.807) is 26.4 Å². The molecule has 0 aliphatic carbocycles. The highest BCUT2D eigenvalue weighted by Crippen LogP contribution is 2.14. The number of nitrogens with zero attached hydrogens (tertiary/aromatic N) is 1. The first kappa shape index (κ1) is 17.6. The highest BCUT2D eigenvalue weighted by atomic mass is 16.5. The minimum Gasteiger partial charge on any atom is -0.478 e. The van der Waals surface area contributed by atoms with Crippen molar-refractivity contribution in [1.82, 2.24) is 4.90 Å². The van der Waals surface area contributed by atoms with E-state index in [1.165, 1.54) is 0 Å². The van der Waals surface area contributed by atoms with E-state index < -0.39 is 5.97 Å². The molecular formula is C16H25NO4. The van der Waals surface area contributed by atoms with Gasteiger partial charge in [0.2, 0.25) is 0 Å². The highest BCUT2D eigenvalue weighted by Gasteiger charge is 2.10.